The van der Waals surface area contributed by atoms with E-state index in [1.54, 1.807) is 19.1 Å². The molecule has 4 amide bonds. The summed E-state index contributed by atoms with van der Waals surface area (Å²) in [7, 11) is 1.38. The number of methoxy groups -OCH3 is 1. The van der Waals surface area contributed by atoms with Crippen molar-refractivity contribution in [2.24, 2.45) is 29.1 Å². The Balaban J connectivity index is 1.37. The molecule has 11 nitrogen and oxygen atoms in total. The number of carbonyl (C=O) groups is 5. The number of phenols is 2. The second-order valence-electron chi connectivity index (χ2n) is 12.8. The first-order chi connectivity index (χ1) is 23.2. The first-order valence-corrected chi connectivity index (χ1v) is 16.7. The van der Waals surface area contributed by atoms with Crippen molar-refractivity contribution < 1.29 is 48.4 Å². The number of fused-ring (bicyclic) bond motifs is 4. The van der Waals surface area contributed by atoms with Crippen LogP contribution < -0.4 is 14.5 Å². The van der Waals surface area contributed by atoms with E-state index in [1.807, 2.05) is 28.7 Å². The molecule has 3 N–H and O–H groups in total. The fourth-order valence-corrected chi connectivity index (χ4v) is 9.08. The van der Waals surface area contributed by atoms with Gasteiger partial charge in [-0.3, -0.25) is 19.2 Å². The Hall–Kier alpha value is -4.50. The van der Waals surface area contributed by atoms with Crippen LogP contribution in [-0.4, -0.2) is 52.0 Å². The minimum atomic E-state index is -1.41. The number of carbonyl (C=O) groups excluding carboxylic acids is 4. The molecule has 0 bridgehead atoms. The molecule has 7 rings (SSSR count). The fourth-order valence-electron chi connectivity index (χ4n) is 8.28. The minimum Gasteiger partial charge on any atom is -0.507 e. The molecule has 252 valence electrons. The maximum atomic E-state index is 14.6. The van der Waals surface area contributed by atoms with Gasteiger partial charge in [0.25, 0.3) is 0 Å². The molecule has 0 spiro atoms. The van der Waals surface area contributed by atoms with Crippen LogP contribution in [0.2, 0.25) is 5.02 Å². The lowest BCUT2D eigenvalue weighted by molar-refractivity contribution is -0.131. The molecule has 0 radical (unpaired) electrons. The first-order valence-electron chi connectivity index (χ1n) is 15.2. The molecular formula is C35H27ClFIN2O9. The van der Waals surface area contributed by atoms with Crippen LogP contribution in [-0.2, 0) is 19.2 Å². The Kier molecular flexibility index (Phi) is 7.78. The van der Waals surface area contributed by atoms with Crippen LogP contribution in [0.25, 0.3) is 0 Å². The standard InChI is InChI=1S/C35H27ClFIN2O9/c1-35-21(31(44)40(34(35)48)15-4-8-23(37)22(36)11-15)13-20-17(28(35)14-9-24(38)29(42)26(10-14)49-2)6-7-19-27(20)32(45)39(30(19)43)16-3-5-18(33(46)47)25(41)12-16/h3-6,8-12,19-21,27-28,41-42H,7,13H2,1-2H3,(H,46,47). The zero-order valence-electron chi connectivity index (χ0n) is 25.8. The Labute approximate surface area is 297 Å². The first kappa shape index (κ1) is 33.0. The quantitative estimate of drug-likeness (QED) is 0.169. The van der Waals surface area contributed by atoms with Crippen LogP contribution in [0, 0.1) is 38.5 Å². The van der Waals surface area contributed by atoms with E-state index >= 15 is 0 Å². The fraction of sp³-hybridized carbons (Fsp3) is 0.286. The highest BCUT2D eigenvalue weighted by Crippen LogP contribution is 2.64. The number of hydrogen-bond donors (Lipinski definition) is 3. The minimum absolute atomic E-state index is 0.00922. The van der Waals surface area contributed by atoms with Gasteiger partial charge in [-0.2, -0.15) is 0 Å². The molecule has 2 aliphatic carbocycles. The van der Waals surface area contributed by atoms with E-state index in [0.29, 0.717) is 14.7 Å². The van der Waals surface area contributed by atoms with E-state index < -0.39 is 81.7 Å². The number of anilines is 2. The van der Waals surface area contributed by atoms with Crippen molar-refractivity contribution in [3.8, 4) is 17.2 Å². The third-order valence-electron chi connectivity index (χ3n) is 10.5. The Morgan fingerprint density at radius 2 is 1.67 bits per heavy atom. The monoisotopic (exact) mass is 800 g/mol. The number of benzene rings is 3. The summed E-state index contributed by atoms with van der Waals surface area (Å²) in [4.78, 5) is 70.4. The largest absolute Gasteiger partial charge is 0.507 e. The summed E-state index contributed by atoms with van der Waals surface area (Å²) < 4.78 is 20.0. The lowest BCUT2D eigenvalue weighted by Gasteiger charge is -2.49. The number of carboxylic acids is 1. The number of carboxylic acid groups (broad SMARTS) is 1. The predicted molar refractivity (Wildman–Crippen MR) is 181 cm³/mol. The number of ether oxygens (including phenoxy) is 1. The average Bonchev–Trinajstić information content (AvgIpc) is 3.42. The number of allylic oxidation sites excluding steroid dienone is 2. The van der Waals surface area contributed by atoms with Gasteiger partial charge in [-0.1, -0.05) is 23.3 Å². The number of imide groups is 2. The number of aromatic carboxylic acids is 1. The van der Waals surface area contributed by atoms with Crippen LogP contribution in [0.3, 0.4) is 0 Å². The molecule has 4 aliphatic rings. The number of halogens is 3. The van der Waals surface area contributed by atoms with Crippen LogP contribution in [0.4, 0.5) is 15.8 Å². The predicted octanol–water partition coefficient (Wildman–Crippen LogP) is 5.64. The Morgan fingerprint density at radius 1 is 0.980 bits per heavy atom. The summed E-state index contributed by atoms with van der Waals surface area (Å²) in [6.07, 6.45) is 2.02. The van der Waals surface area contributed by atoms with Gasteiger partial charge in [0.05, 0.1) is 50.2 Å². The van der Waals surface area contributed by atoms with Crippen molar-refractivity contribution in [2.75, 3.05) is 16.9 Å². The Bertz CT molecular complexity index is 2070. The SMILES string of the molecule is COc1cc(C2C3=CCC4C(=O)N(c5ccc(C(=O)O)c(O)c5)C(=O)C4C3CC3C(=O)N(c4ccc(F)c(Cl)c4)C(=O)C32C)cc(I)c1O. The van der Waals surface area contributed by atoms with Gasteiger partial charge in [-0.05, 0) is 96.3 Å². The van der Waals surface area contributed by atoms with Crippen molar-refractivity contribution in [2.45, 2.75) is 25.7 Å². The number of hydrogen-bond acceptors (Lipinski definition) is 8. The second-order valence-corrected chi connectivity index (χ2v) is 14.4. The number of rotatable bonds is 5. The summed E-state index contributed by atoms with van der Waals surface area (Å²) in [6, 6.07) is 10.3. The lowest BCUT2D eigenvalue weighted by Crippen LogP contribution is -2.48. The molecule has 3 aromatic carbocycles. The van der Waals surface area contributed by atoms with Gasteiger partial charge in [-0.15, -0.1) is 0 Å². The van der Waals surface area contributed by atoms with Gasteiger partial charge in [0.15, 0.2) is 11.5 Å². The van der Waals surface area contributed by atoms with Crippen LogP contribution in [0.1, 0.15) is 41.6 Å². The van der Waals surface area contributed by atoms with E-state index in [1.165, 1.54) is 25.3 Å². The van der Waals surface area contributed by atoms with Crippen molar-refractivity contribution >= 4 is 75.2 Å². The maximum Gasteiger partial charge on any atom is 0.339 e. The third kappa shape index (κ3) is 4.68. The zero-order valence-corrected chi connectivity index (χ0v) is 28.7. The van der Waals surface area contributed by atoms with E-state index in [9.17, 15) is 43.7 Å². The molecule has 49 heavy (non-hydrogen) atoms. The number of amides is 4. The number of aromatic hydroxyl groups is 2. The molecule has 6 atom stereocenters. The van der Waals surface area contributed by atoms with Crippen LogP contribution in [0.5, 0.6) is 17.2 Å². The van der Waals surface area contributed by atoms with Crippen molar-refractivity contribution in [1.82, 2.24) is 0 Å². The smallest absolute Gasteiger partial charge is 0.339 e. The highest BCUT2D eigenvalue weighted by atomic mass is 127. The zero-order chi connectivity index (χ0) is 35.3. The van der Waals surface area contributed by atoms with Crippen molar-refractivity contribution in [3.63, 3.8) is 0 Å². The molecule has 14 heteroatoms. The molecule has 1 saturated carbocycles. The summed E-state index contributed by atoms with van der Waals surface area (Å²) >= 11 is 8.00. The van der Waals surface area contributed by atoms with Crippen LogP contribution >= 0.6 is 34.2 Å². The van der Waals surface area contributed by atoms with Crippen molar-refractivity contribution in [3.05, 3.63) is 85.7 Å². The van der Waals surface area contributed by atoms with Crippen LogP contribution in [0.15, 0.2) is 60.2 Å². The van der Waals surface area contributed by atoms with E-state index in [2.05, 4.69) is 0 Å². The van der Waals surface area contributed by atoms with E-state index in [0.717, 1.165) is 28.0 Å². The molecule has 2 aliphatic heterocycles. The summed E-state index contributed by atoms with van der Waals surface area (Å²) in [5.41, 5.74) is -0.489. The van der Waals surface area contributed by atoms with Gasteiger partial charge in [0.1, 0.15) is 17.1 Å². The average molecular weight is 801 g/mol. The molecular weight excluding hydrogens is 774 g/mol. The second kappa shape index (κ2) is 11.5. The number of phenolic OH excluding ortho intramolecular Hbond substituents is 1. The molecule has 0 aromatic heterocycles. The molecule has 3 fully saturated rings. The van der Waals surface area contributed by atoms with E-state index in [4.69, 9.17) is 16.3 Å². The van der Waals surface area contributed by atoms with Crippen molar-refractivity contribution in [1.29, 1.82) is 0 Å². The molecule has 2 saturated heterocycles. The molecule has 6 unspecified atom stereocenters. The highest BCUT2D eigenvalue weighted by Gasteiger charge is 2.67. The van der Waals surface area contributed by atoms with Gasteiger partial charge in [0.2, 0.25) is 23.6 Å². The summed E-state index contributed by atoms with van der Waals surface area (Å²) in [5.74, 6) is -9.14. The number of nitrogens with zero attached hydrogens (tertiary/aromatic N) is 2. The van der Waals surface area contributed by atoms with Gasteiger partial charge in [-0.25, -0.2) is 19.0 Å². The van der Waals surface area contributed by atoms with Gasteiger partial charge >= 0.3 is 5.97 Å². The summed E-state index contributed by atoms with van der Waals surface area (Å²) in [6.45, 7) is 1.68. The third-order valence-corrected chi connectivity index (χ3v) is 11.6. The van der Waals surface area contributed by atoms with Gasteiger partial charge in [0, 0.05) is 12.0 Å². The Morgan fingerprint density at radius 3 is 2.33 bits per heavy atom. The van der Waals surface area contributed by atoms with E-state index in [-0.39, 0.29) is 40.7 Å². The molecule has 2 heterocycles. The normalized spacial score (nSPS) is 27.5. The molecule has 3 aromatic rings. The topological polar surface area (TPSA) is 162 Å². The summed E-state index contributed by atoms with van der Waals surface area (Å²) in [5, 5.41) is 30.1. The van der Waals surface area contributed by atoms with Gasteiger partial charge < -0.3 is 20.1 Å². The lowest BCUT2D eigenvalue weighted by atomic mass is 9.51. The maximum absolute atomic E-state index is 14.6. The highest BCUT2D eigenvalue weighted by molar-refractivity contribution is 14.1.